The summed E-state index contributed by atoms with van der Waals surface area (Å²) < 4.78 is 0. The molecule has 0 spiro atoms. The van der Waals surface area contributed by atoms with Gasteiger partial charge < -0.3 is 9.80 Å². The van der Waals surface area contributed by atoms with Gasteiger partial charge in [0.05, 0.1) is 0 Å². The van der Waals surface area contributed by atoms with Crippen LogP contribution >= 0.6 is 0 Å². The number of nitrogens with zero attached hydrogens (tertiary/aromatic N) is 2. The van der Waals surface area contributed by atoms with Crippen LogP contribution in [-0.2, 0) is 0 Å². The van der Waals surface area contributed by atoms with E-state index >= 15 is 0 Å². The predicted octanol–water partition coefficient (Wildman–Crippen LogP) is 2.31. The third-order valence-corrected chi connectivity index (χ3v) is 1.76. The van der Waals surface area contributed by atoms with Gasteiger partial charge in [0, 0.05) is 13.1 Å². The molecule has 0 saturated heterocycles. The van der Waals surface area contributed by atoms with Crippen LogP contribution in [0, 0.1) is 0 Å². The van der Waals surface area contributed by atoms with Crippen molar-refractivity contribution in [3.05, 3.63) is 0 Å². The Balaban J connectivity index is 0. The van der Waals surface area contributed by atoms with Crippen LogP contribution in [0.4, 0.5) is 0 Å². The van der Waals surface area contributed by atoms with Crippen molar-refractivity contribution in [3.63, 3.8) is 0 Å². The van der Waals surface area contributed by atoms with Crippen LogP contribution in [0.25, 0.3) is 0 Å². The van der Waals surface area contributed by atoms with Gasteiger partial charge >= 0.3 is 0 Å². The molecule has 0 atom stereocenters. The predicted molar refractivity (Wildman–Crippen MR) is 62.3 cm³/mol. The lowest BCUT2D eigenvalue weighted by Crippen LogP contribution is -2.31. The molecule has 0 aromatic heterocycles. The Morgan fingerprint density at radius 2 is 1.15 bits per heavy atom. The smallest absolute Gasteiger partial charge is 0.0109 e. The molecule has 0 amide bonds. The zero-order valence-electron chi connectivity index (χ0n) is 10.4. The summed E-state index contributed by atoms with van der Waals surface area (Å²) in [6.45, 7) is 13.4. The Kier molecular flexibility index (Phi) is 14.1. The number of hydrogen-bond acceptors (Lipinski definition) is 2. The molecule has 0 aromatic carbocycles. The van der Waals surface area contributed by atoms with Gasteiger partial charge in [0.1, 0.15) is 0 Å². The zero-order chi connectivity index (χ0) is 10.7. The van der Waals surface area contributed by atoms with Crippen LogP contribution in [0.2, 0.25) is 0 Å². The minimum atomic E-state index is 1.17. The van der Waals surface area contributed by atoms with Gasteiger partial charge in [0.15, 0.2) is 0 Å². The fourth-order valence-corrected chi connectivity index (χ4v) is 0.881. The maximum atomic E-state index is 2.43. The third-order valence-electron chi connectivity index (χ3n) is 1.76. The fraction of sp³-hybridized carbons (Fsp3) is 1.00. The first-order chi connectivity index (χ1) is 6.12. The maximum absolute atomic E-state index is 2.43. The van der Waals surface area contributed by atoms with E-state index in [-0.39, 0.29) is 0 Å². The van der Waals surface area contributed by atoms with Crippen LogP contribution in [0.1, 0.15) is 34.1 Å². The molecule has 2 heteroatoms. The minimum absolute atomic E-state index is 1.17. The van der Waals surface area contributed by atoms with E-state index in [4.69, 9.17) is 0 Å². The molecular formula is C11H28N2. The van der Waals surface area contributed by atoms with E-state index in [1.165, 1.54) is 32.6 Å². The summed E-state index contributed by atoms with van der Waals surface area (Å²) in [7, 11) is 4.23. The first-order valence-corrected chi connectivity index (χ1v) is 5.49. The van der Waals surface area contributed by atoms with Crippen LogP contribution in [0.15, 0.2) is 0 Å². The summed E-state index contributed by atoms with van der Waals surface area (Å²) in [6.07, 6.45) is 1.25. The second kappa shape index (κ2) is 11.9. The highest BCUT2D eigenvalue weighted by molar-refractivity contribution is 4.53. The molecule has 0 heterocycles. The molecule has 0 aliphatic carbocycles. The molecule has 0 aromatic rings. The first-order valence-electron chi connectivity index (χ1n) is 5.49. The van der Waals surface area contributed by atoms with Gasteiger partial charge in [0.2, 0.25) is 0 Å². The fourth-order valence-electron chi connectivity index (χ4n) is 0.881. The maximum Gasteiger partial charge on any atom is 0.0109 e. The van der Waals surface area contributed by atoms with Gasteiger partial charge in [-0.3, -0.25) is 0 Å². The molecule has 0 rings (SSSR count). The molecule has 0 bridgehead atoms. The van der Waals surface area contributed by atoms with E-state index in [0.29, 0.717) is 0 Å². The second-order valence-corrected chi connectivity index (χ2v) is 3.54. The first kappa shape index (κ1) is 15.4. The van der Waals surface area contributed by atoms with Gasteiger partial charge in [-0.25, -0.2) is 0 Å². The monoisotopic (exact) mass is 188 g/mol. The van der Waals surface area contributed by atoms with Crippen molar-refractivity contribution in [2.24, 2.45) is 0 Å². The normalized spacial score (nSPS) is 10.2. The van der Waals surface area contributed by atoms with Crippen molar-refractivity contribution in [2.75, 3.05) is 40.3 Å². The quantitative estimate of drug-likeness (QED) is 0.653. The lowest BCUT2D eigenvalue weighted by Gasteiger charge is -2.20. The highest BCUT2D eigenvalue weighted by atomic mass is 15.2. The molecule has 0 fully saturated rings. The van der Waals surface area contributed by atoms with Gasteiger partial charge in [-0.1, -0.05) is 34.1 Å². The van der Waals surface area contributed by atoms with Crippen molar-refractivity contribution in [1.29, 1.82) is 0 Å². The highest BCUT2D eigenvalue weighted by Gasteiger charge is 1.97. The van der Waals surface area contributed by atoms with E-state index in [1.807, 2.05) is 0 Å². The zero-order valence-corrected chi connectivity index (χ0v) is 10.4. The second-order valence-electron chi connectivity index (χ2n) is 3.54. The van der Waals surface area contributed by atoms with Crippen molar-refractivity contribution in [1.82, 2.24) is 9.80 Å². The number of rotatable bonds is 5. The Bertz CT molecular complexity index is 78.2. The van der Waals surface area contributed by atoms with Gasteiger partial charge in [-0.05, 0) is 27.2 Å². The minimum Gasteiger partial charge on any atom is -0.308 e. The van der Waals surface area contributed by atoms with Crippen molar-refractivity contribution in [3.8, 4) is 0 Å². The molecule has 0 saturated carbocycles. The summed E-state index contributed by atoms with van der Waals surface area (Å²) in [5.41, 5.74) is 0. The third kappa shape index (κ3) is 14.7. The number of likely N-dealkylation sites (N-methyl/N-ethyl adjacent to an activating group) is 2. The Hall–Kier alpha value is -0.0800. The SMILES string of the molecule is CCC.CCN(CC)CCN(C)C. The molecule has 82 valence electrons. The van der Waals surface area contributed by atoms with E-state index < -0.39 is 0 Å². The summed E-state index contributed by atoms with van der Waals surface area (Å²) in [5.74, 6) is 0. The Morgan fingerprint density at radius 3 is 1.38 bits per heavy atom. The standard InChI is InChI=1S/C8H20N2.C3H8/c1-5-10(6-2)8-7-9(3)4;1-3-2/h5-8H2,1-4H3;3H2,1-2H3. The van der Waals surface area contributed by atoms with E-state index in [2.05, 4.69) is 51.6 Å². The molecule has 0 aliphatic heterocycles. The molecule has 0 unspecified atom stereocenters. The van der Waals surface area contributed by atoms with Gasteiger partial charge in [0.25, 0.3) is 0 Å². The van der Waals surface area contributed by atoms with E-state index in [1.54, 1.807) is 0 Å². The van der Waals surface area contributed by atoms with E-state index in [0.717, 1.165) is 0 Å². The average Bonchev–Trinajstić information content (AvgIpc) is 2.07. The van der Waals surface area contributed by atoms with Crippen LogP contribution < -0.4 is 0 Å². The Labute approximate surface area is 84.9 Å². The molecular weight excluding hydrogens is 160 g/mol. The van der Waals surface area contributed by atoms with Gasteiger partial charge in [-0.2, -0.15) is 0 Å². The lowest BCUT2D eigenvalue weighted by atomic mass is 10.4. The van der Waals surface area contributed by atoms with Crippen LogP contribution in [0.3, 0.4) is 0 Å². The molecule has 2 nitrogen and oxygen atoms in total. The van der Waals surface area contributed by atoms with E-state index in [9.17, 15) is 0 Å². The van der Waals surface area contributed by atoms with Crippen LogP contribution in [-0.4, -0.2) is 50.1 Å². The van der Waals surface area contributed by atoms with Crippen molar-refractivity contribution in [2.45, 2.75) is 34.1 Å². The topological polar surface area (TPSA) is 6.48 Å². The molecule has 0 radical (unpaired) electrons. The van der Waals surface area contributed by atoms with Crippen molar-refractivity contribution >= 4 is 0 Å². The van der Waals surface area contributed by atoms with Crippen molar-refractivity contribution < 1.29 is 0 Å². The molecule has 0 N–H and O–H groups in total. The summed E-state index contributed by atoms with van der Waals surface area (Å²) >= 11 is 0. The number of hydrogen-bond donors (Lipinski definition) is 0. The lowest BCUT2D eigenvalue weighted by molar-refractivity contribution is 0.261. The largest absolute Gasteiger partial charge is 0.308 e. The summed E-state index contributed by atoms with van der Waals surface area (Å²) in [4.78, 5) is 4.65. The summed E-state index contributed by atoms with van der Waals surface area (Å²) in [5, 5.41) is 0. The molecule has 13 heavy (non-hydrogen) atoms. The molecule has 0 aliphatic rings. The summed E-state index contributed by atoms with van der Waals surface area (Å²) in [6, 6.07) is 0. The Morgan fingerprint density at radius 1 is 0.769 bits per heavy atom. The van der Waals surface area contributed by atoms with Crippen LogP contribution in [0.5, 0.6) is 0 Å². The van der Waals surface area contributed by atoms with Gasteiger partial charge in [-0.15, -0.1) is 0 Å². The highest BCUT2D eigenvalue weighted by Crippen LogP contribution is 1.86. The average molecular weight is 188 g/mol.